The average Bonchev–Trinajstić information content (AvgIpc) is 3.12. The molecule has 5 heteroatoms. The van der Waals surface area contributed by atoms with E-state index in [1.807, 2.05) is 13.1 Å². The van der Waals surface area contributed by atoms with E-state index in [1.54, 1.807) is 6.07 Å². The summed E-state index contributed by atoms with van der Waals surface area (Å²) < 4.78 is 5.33. The fraction of sp³-hybridized carbons (Fsp3) is 0.462. The fourth-order valence-electron chi connectivity index (χ4n) is 2.25. The van der Waals surface area contributed by atoms with Gasteiger partial charge in [-0.1, -0.05) is 0 Å². The molecule has 0 spiro atoms. The third-order valence-electron chi connectivity index (χ3n) is 3.40. The van der Waals surface area contributed by atoms with Gasteiger partial charge in [-0.3, -0.25) is 4.79 Å². The zero-order chi connectivity index (χ0) is 12.7. The molecule has 1 aliphatic carbocycles. The van der Waals surface area contributed by atoms with Gasteiger partial charge in [0.1, 0.15) is 5.75 Å². The van der Waals surface area contributed by atoms with E-state index < -0.39 is 0 Å². The first-order valence-electron chi connectivity index (χ1n) is 6.21. The monoisotopic (exact) mass is 247 g/mol. The highest BCUT2D eigenvalue weighted by Gasteiger charge is 2.25. The Morgan fingerprint density at radius 3 is 3.00 bits per heavy atom. The Balaban J connectivity index is 1.89. The lowest BCUT2D eigenvalue weighted by molar-refractivity contribution is -0.118. The number of nitrogens with one attached hydrogen (secondary N) is 1. The fourth-order valence-corrected chi connectivity index (χ4v) is 2.25. The van der Waals surface area contributed by atoms with E-state index in [1.165, 1.54) is 12.8 Å². The van der Waals surface area contributed by atoms with Crippen molar-refractivity contribution >= 4 is 23.0 Å². The molecule has 0 radical (unpaired) electrons. The van der Waals surface area contributed by atoms with Crippen LogP contribution >= 0.6 is 0 Å². The van der Waals surface area contributed by atoms with Gasteiger partial charge in [0.2, 0.25) is 0 Å². The van der Waals surface area contributed by atoms with E-state index in [0.29, 0.717) is 17.1 Å². The molecule has 3 N–H and O–H groups in total. The minimum atomic E-state index is -0.122. The Kier molecular flexibility index (Phi) is 2.54. The standard InChI is InChI=1S/C13H17N3O2/c1-16(6-8-2-3-8)11-5-10-12(4-9(11)14)18-7-13(17)15-10/h4-5,8H,2-3,6-7,14H2,1H3,(H,15,17). The molecule has 1 aromatic carbocycles. The molecule has 0 atom stereocenters. The second-order valence-corrected chi connectivity index (χ2v) is 5.07. The number of anilines is 3. The highest BCUT2D eigenvalue weighted by Crippen LogP contribution is 2.38. The van der Waals surface area contributed by atoms with Crippen molar-refractivity contribution < 1.29 is 9.53 Å². The quantitative estimate of drug-likeness (QED) is 0.793. The molecular formula is C13H17N3O2. The molecule has 1 saturated carbocycles. The number of nitrogens with zero attached hydrogens (tertiary/aromatic N) is 1. The van der Waals surface area contributed by atoms with E-state index in [9.17, 15) is 4.79 Å². The van der Waals surface area contributed by atoms with Crippen molar-refractivity contribution in [2.45, 2.75) is 12.8 Å². The van der Waals surface area contributed by atoms with Gasteiger partial charge < -0.3 is 20.7 Å². The Labute approximate surface area is 106 Å². The minimum absolute atomic E-state index is 0.0592. The van der Waals surface area contributed by atoms with Gasteiger partial charge in [-0.15, -0.1) is 0 Å². The summed E-state index contributed by atoms with van der Waals surface area (Å²) in [5.41, 5.74) is 8.39. The number of rotatable bonds is 3. The maximum Gasteiger partial charge on any atom is 0.262 e. The zero-order valence-corrected chi connectivity index (χ0v) is 10.4. The number of hydrogen-bond donors (Lipinski definition) is 2. The summed E-state index contributed by atoms with van der Waals surface area (Å²) >= 11 is 0. The van der Waals surface area contributed by atoms with Crippen LogP contribution in [-0.4, -0.2) is 26.1 Å². The smallest absolute Gasteiger partial charge is 0.262 e. The summed E-state index contributed by atoms with van der Waals surface area (Å²) in [6.45, 7) is 1.07. The second kappa shape index (κ2) is 4.08. The molecule has 0 bridgehead atoms. The van der Waals surface area contributed by atoms with Gasteiger partial charge >= 0.3 is 0 Å². The van der Waals surface area contributed by atoms with Gasteiger partial charge in [0.25, 0.3) is 5.91 Å². The molecule has 96 valence electrons. The number of benzene rings is 1. The molecule has 1 fully saturated rings. The summed E-state index contributed by atoms with van der Waals surface area (Å²) in [6, 6.07) is 3.68. The lowest BCUT2D eigenvalue weighted by atomic mass is 10.2. The van der Waals surface area contributed by atoms with Gasteiger partial charge in [-0.05, 0) is 24.8 Å². The van der Waals surface area contributed by atoms with Gasteiger partial charge in [0.15, 0.2) is 6.61 Å². The highest BCUT2D eigenvalue weighted by molar-refractivity contribution is 5.97. The Hall–Kier alpha value is -1.91. The van der Waals surface area contributed by atoms with Crippen molar-refractivity contribution in [1.29, 1.82) is 0 Å². The van der Waals surface area contributed by atoms with Crippen LogP contribution in [0.15, 0.2) is 12.1 Å². The van der Waals surface area contributed by atoms with Gasteiger partial charge in [-0.25, -0.2) is 0 Å². The molecule has 18 heavy (non-hydrogen) atoms. The van der Waals surface area contributed by atoms with Crippen molar-refractivity contribution in [2.75, 3.05) is 36.1 Å². The van der Waals surface area contributed by atoms with E-state index in [2.05, 4.69) is 10.2 Å². The van der Waals surface area contributed by atoms with E-state index in [4.69, 9.17) is 10.5 Å². The highest BCUT2D eigenvalue weighted by atomic mass is 16.5. The van der Waals surface area contributed by atoms with Crippen LogP contribution in [0.3, 0.4) is 0 Å². The molecule has 0 unspecified atom stereocenters. The van der Waals surface area contributed by atoms with Crippen LogP contribution in [0.4, 0.5) is 17.1 Å². The first kappa shape index (κ1) is 11.2. The lowest BCUT2D eigenvalue weighted by Gasteiger charge is -2.25. The SMILES string of the molecule is CN(CC1CC1)c1cc2c(cc1N)OCC(=O)N2. The maximum atomic E-state index is 11.3. The molecule has 1 aromatic rings. The van der Waals surface area contributed by atoms with Crippen LogP contribution in [0.25, 0.3) is 0 Å². The van der Waals surface area contributed by atoms with E-state index in [0.717, 1.165) is 18.2 Å². The predicted octanol–water partition coefficient (Wildman–Crippen LogP) is 1.45. The summed E-state index contributed by atoms with van der Waals surface area (Å²) in [6.07, 6.45) is 2.60. The van der Waals surface area contributed by atoms with Crippen molar-refractivity contribution in [3.8, 4) is 5.75 Å². The second-order valence-electron chi connectivity index (χ2n) is 5.07. The molecule has 1 heterocycles. The van der Waals surface area contributed by atoms with Gasteiger partial charge in [-0.2, -0.15) is 0 Å². The molecular weight excluding hydrogens is 230 g/mol. The molecule has 0 aromatic heterocycles. The van der Waals surface area contributed by atoms with Crippen molar-refractivity contribution in [2.24, 2.45) is 5.92 Å². The predicted molar refractivity (Wildman–Crippen MR) is 71.0 cm³/mol. The van der Waals surface area contributed by atoms with Crippen LogP contribution in [0.5, 0.6) is 5.75 Å². The van der Waals surface area contributed by atoms with Crippen molar-refractivity contribution in [1.82, 2.24) is 0 Å². The maximum absolute atomic E-state index is 11.3. The topological polar surface area (TPSA) is 67.6 Å². The van der Waals surface area contributed by atoms with Gasteiger partial charge in [0, 0.05) is 19.7 Å². The molecule has 2 aliphatic rings. The molecule has 3 rings (SSSR count). The van der Waals surface area contributed by atoms with E-state index >= 15 is 0 Å². The molecule has 1 amide bonds. The van der Waals surface area contributed by atoms with E-state index in [-0.39, 0.29) is 12.5 Å². The summed E-state index contributed by atoms with van der Waals surface area (Å²) in [5, 5.41) is 2.81. The summed E-state index contributed by atoms with van der Waals surface area (Å²) in [4.78, 5) is 13.4. The number of carbonyl (C=O) groups excluding carboxylic acids is 1. The van der Waals surface area contributed by atoms with Crippen molar-refractivity contribution in [3.63, 3.8) is 0 Å². The first-order chi connectivity index (χ1) is 8.63. The van der Waals surface area contributed by atoms with Crippen LogP contribution in [0.1, 0.15) is 12.8 Å². The number of nitrogens with two attached hydrogens (primary N) is 1. The third kappa shape index (κ3) is 2.08. The number of ether oxygens (including phenoxy) is 1. The van der Waals surface area contributed by atoms with Crippen LogP contribution in [-0.2, 0) is 4.79 Å². The first-order valence-corrected chi connectivity index (χ1v) is 6.21. The lowest BCUT2D eigenvalue weighted by Crippen LogP contribution is -2.27. The Morgan fingerprint density at radius 1 is 1.50 bits per heavy atom. The molecule has 0 saturated heterocycles. The number of amides is 1. The molecule has 5 nitrogen and oxygen atoms in total. The largest absolute Gasteiger partial charge is 0.482 e. The normalized spacial score (nSPS) is 17.7. The number of fused-ring (bicyclic) bond motifs is 1. The Bertz CT molecular complexity index is 497. The number of nitrogen functional groups attached to an aromatic ring is 1. The summed E-state index contributed by atoms with van der Waals surface area (Å²) in [5.74, 6) is 1.31. The summed E-state index contributed by atoms with van der Waals surface area (Å²) in [7, 11) is 2.03. The van der Waals surface area contributed by atoms with Crippen molar-refractivity contribution in [3.05, 3.63) is 12.1 Å². The zero-order valence-electron chi connectivity index (χ0n) is 10.4. The third-order valence-corrected chi connectivity index (χ3v) is 3.40. The van der Waals surface area contributed by atoms with Crippen LogP contribution < -0.4 is 20.7 Å². The van der Waals surface area contributed by atoms with Crippen LogP contribution in [0.2, 0.25) is 0 Å². The van der Waals surface area contributed by atoms with Gasteiger partial charge in [0.05, 0.1) is 17.1 Å². The Morgan fingerprint density at radius 2 is 2.28 bits per heavy atom. The minimum Gasteiger partial charge on any atom is -0.482 e. The average molecular weight is 247 g/mol. The van der Waals surface area contributed by atoms with Crippen LogP contribution in [0, 0.1) is 5.92 Å². The molecule has 1 aliphatic heterocycles. The number of carbonyl (C=O) groups is 1. The number of hydrogen-bond acceptors (Lipinski definition) is 4.